The van der Waals surface area contributed by atoms with Gasteiger partial charge in [-0.1, -0.05) is 23.4 Å². The van der Waals surface area contributed by atoms with Crippen LogP contribution in [0.25, 0.3) is 0 Å². The molecule has 1 aromatic rings. The quantitative estimate of drug-likeness (QED) is 0.295. The van der Waals surface area contributed by atoms with Gasteiger partial charge in [-0.15, -0.1) is 0 Å². The first kappa shape index (κ1) is 26.5. The van der Waals surface area contributed by atoms with E-state index in [0.29, 0.717) is 11.8 Å². The van der Waals surface area contributed by atoms with Crippen molar-refractivity contribution in [3.63, 3.8) is 0 Å². The molecule has 0 aliphatic carbocycles. The molecule has 1 fully saturated rings. The third kappa shape index (κ3) is 7.14. The number of esters is 4. The van der Waals surface area contributed by atoms with Gasteiger partial charge in [0.15, 0.2) is 17.6 Å². The van der Waals surface area contributed by atoms with Crippen molar-refractivity contribution in [3.05, 3.63) is 11.0 Å². The molecule has 15 heteroatoms. The molecule has 0 bridgehead atoms. The van der Waals surface area contributed by atoms with Crippen LogP contribution in [0.15, 0.2) is 5.03 Å². The summed E-state index contributed by atoms with van der Waals surface area (Å²) >= 11 is 6.60. The number of methoxy groups -OCH3 is 1. The second-order valence-corrected chi connectivity index (χ2v) is 7.91. The number of hydrogen-bond acceptors (Lipinski definition) is 13. The lowest BCUT2D eigenvalue weighted by molar-refractivity contribution is -0.280. The first-order valence-corrected chi connectivity index (χ1v) is 10.5. The van der Waals surface area contributed by atoms with Gasteiger partial charge in [-0.2, -0.15) is 14.4 Å². The van der Waals surface area contributed by atoms with E-state index in [9.17, 15) is 23.6 Å². The van der Waals surface area contributed by atoms with Crippen LogP contribution < -0.4 is 4.74 Å². The molecular formula is C18H20ClFN2O10S. The van der Waals surface area contributed by atoms with E-state index in [2.05, 4.69) is 9.97 Å². The zero-order valence-electron chi connectivity index (χ0n) is 18.0. The summed E-state index contributed by atoms with van der Waals surface area (Å²) < 4.78 is 45.4. The van der Waals surface area contributed by atoms with Crippen molar-refractivity contribution in [1.29, 1.82) is 0 Å². The first-order chi connectivity index (χ1) is 15.4. The Morgan fingerprint density at radius 1 is 0.879 bits per heavy atom. The maximum Gasteiger partial charge on any atom is 0.319 e. The van der Waals surface area contributed by atoms with Crippen molar-refractivity contribution in [2.45, 2.75) is 62.8 Å². The molecule has 1 aromatic heterocycles. The van der Waals surface area contributed by atoms with E-state index in [0.717, 1.165) is 27.7 Å². The number of ether oxygens (including phenoxy) is 6. The summed E-state index contributed by atoms with van der Waals surface area (Å²) in [6.45, 7) is 4.27. The summed E-state index contributed by atoms with van der Waals surface area (Å²) in [6.07, 6.45) is -5.98. The highest BCUT2D eigenvalue weighted by Gasteiger charge is 2.54. The predicted molar refractivity (Wildman–Crippen MR) is 106 cm³/mol. The first-order valence-electron chi connectivity index (χ1n) is 9.21. The third-order valence-corrected chi connectivity index (χ3v) is 5.39. The highest BCUT2D eigenvalue weighted by Crippen LogP contribution is 2.40. The summed E-state index contributed by atoms with van der Waals surface area (Å²) in [5.74, 6) is -4.38. The number of nitrogens with zero attached hydrogens (tertiary/aromatic N) is 2. The second-order valence-electron chi connectivity index (χ2n) is 6.44. The Bertz CT molecular complexity index is 936. The van der Waals surface area contributed by atoms with Crippen molar-refractivity contribution in [2.24, 2.45) is 0 Å². The van der Waals surface area contributed by atoms with Crippen LogP contribution in [0.3, 0.4) is 0 Å². The Hall–Kier alpha value is -2.71. The molecule has 2 rings (SSSR count). The monoisotopic (exact) mass is 510 g/mol. The maximum atomic E-state index is 14.1. The number of rotatable bonds is 7. The van der Waals surface area contributed by atoms with Crippen molar-refractivity contribution < 1.29 is 52.0 Å². The lowest BCUT2D eigenvalue weighted by Crippen LogP contribution is -2.61. The fraction of sp³-hybridized carbons (Fsp3) is 0.556. The van der Waals surface area contributed by atoms with Gasteiger partial charge in [-0.3, -0.25) is 19.2 Å². The number of aromatic nitrogens is 2. The summed E-state index contributed by atoms with van der Waals surface area (Å²) in [7, 11) is 1.20. The molecule has 2 heterocycles. The Morgan fingerprint density at radius 3 is 1.91 bits per heavy atom. The third-order valence-electron chi connectivity index (χ3n) is 3.81. The average Bonchev–Trinajstić information content (AvgIpc) is 2.69. The Balaban J connectivity index is 2.55. The number of carbonyl (C=O) groups is 4. The molecule has 0 aromatic carbocycles. The van der Waals surface area contributed by atoms with Gasteiger partial charge in [0.2, 0.25) is 18.3 Å². The van der Waals surface area contributed by atoms with Gasteiger partial charge in [0.1, 0.15) is 10.0 Å². The molecule has 1 aliphatic heterocycles. The largest absolute Gasteiger partial charge is 0.467 e. The minimum absolute atomic E-state index is 0.183. The summed E-state index contributed by atoms with van der Waals surface area (Å²) in [5, 5.41) is -0.682. The normalized spacial score (nSPS) is 24.4. The molecule has 0 radical (unpaired) electrons. The molecule has 182 valence electrons. The van der Waals surface area contributed by atoms with E-state index >= 15 is 0 Å². The Labute approximate surface area is 196 Å². The Morgan fingerprint density at radius 2 is 1.39 bits per heavy atom. The minimum atomic E-state index is -1.59. The van der Waals surface area contributed by atoms with Gasteiger partial charge in [-0.25, -0.2) is 0 Å². The van der Waals surface area contributed by atoms with Crippen molar-refractivity contribution in [2.75, 3.05) is 7.11 Å². The SMILES string of the molecule is COc1nc(F)c(Cl)c(SC2OC(OC(C)=O)C(OC(C)=O)C(OC(C)=O)C2OC(C)=O)n1. The summed E-state index contributed by atoms with van der Waals surface area (Å²) in [6, 6.07) is -0.356. The lowest BCUT2D eigenvalue weighted by Gasteiger charge is -2.43. The second kappa shape index (κ2) is 11.4. The van der Waals surface area contributed by atoms with E-state index < -0.39 is 64.9 Å². The van der Waals surface area contributed by atoms with E-state index in [4.69, 9.17) is 40.0 Å². The summed E-state index contributed by atoms with van der Waals surface area (Å²) in [4.78, 5) is 54.2. The molecule has 0 N–H and O–H groups in total. The fourth-order valence-electron chi connectivity index (χ4n) is 2.75. The van der Waals surface area contributed by atoms with E-state index in [-0.39, 0.29) is 11.0 Å². The van der Waals surface area contributed by atoms with Crippen LogP contribution in [0.1, 0.15) is 27.7 Å². The highest BCUT2D eigenvalue weighted by atomic mass is 35.5. The molecule has 0 amide bonds. The number of halogens is 2. The smallest absolute Gasteiger partial charge is 0.319 e. The molecule has 12 nitrogen and oxygen atoms in total. The molecule has 1 saturated heterocycles. The van der Waals surface area contributed by atoms with Crippen LogP contribution in [0.4, 0.5) is 4.39 Å². The van der Waals surface area contributed by atoms with Gasteiger partial charge in [0, 0.05) is 27.7 Å². The average molecular weight is 511 g/mol. The molecule has 33 heavy (non-hydrogen) atoms. The van der Waals surface area contributed by atoms with Gasteiger partial charge in [0.05, 0.1) is 7.11 Å². The molecular weight excluding hydrogens is 491 g/mol. The van der Waals surface area contributed by atoms with E-state index in [1.54, 1.807) is 0 Å². The predicted octanol–water partition coefficient (Wildman–Crippen LogP) is 1.41. The summed E-state index contributed by atoms with van der Waals surface area (Å²) in [5.41, 5.74) is -1.33. The molecule has 0 spiro atoms. The Kier molecular flexibility index (Phi) is 9.19. The minimum Gasteiger partial charge on any atom is -0.467 e. The van der Waals surface area contributed by atoms with Crippen LogP contribution >= 0.6 is 23.4 Å². The molecule has 1 aliphatic rings. The molecule has 5 unspecified atom stereocenters. The van der Waals surface area contributed by atoms with Crippen LogP contribution in [0.5, 0.6) is 6.01 Å². The lowest BCUT2D eigenvalue weighted by atomic mass is 10.0. The van der Waals surface area contributed by atoms with Gasteiger partial charge >= 0.3 is 29.9 Å². The van der Waals surface area contributed by atoms with E-state index in [1.807, 2.05) is 0 Å². The van der Waals surface area contributed by atoms with E-state index in [1.165, 1.54) is 7.11 Å². The van der Waals surface area contributed by atoms with Crippen molar-refractivity contribution in [1.82, 2.24) is 9.97 Å². The topological polar surface area (TPSA) is 149 Å². The zero-order valence-corrected chi connectivity index (χ0v) is 19.6. The van der Waals surface area contributed by atoms with Crippen LogP contribution in [0.2, 0.25) is 5.02 Å². The fourth-order valence-corrected chi connectivity index (χ4v) is 4.02. The standard InChI is InChI=1S/C18H20ClFN2O10S/c1-6(23)28-11-12(29-7(2)24)16(31-9(4)26)32-17(13(11)30-8(3)25)33-15-10(19)14(20)21-18(22-15)27-5/h11-13,16-17H,1-5H3. The van der Waals surface area contributed by atoms with Gasteiger partial charge < -0.3 is 28.4 Å². The van der Waals surface area contributed by atoms with Crippen LogP contribution in [-0.2, 0) is 42.9 Å². The molecule has 0 saturated carbocycles. The van der Waals surface area contributed by atoms with Crippen molar-refractivity contribution in [3.8, 4) is 6.01 Å². The molecule has 5 atom stereocenters. The highest BCUT2D eigenvalue weighted by molar-refractivity contribution is 7.99. The van der Waals surface area contributed by atoms with Crippen LogP contribution in [0, 0.1) is 5.95 Å². The number of carbonyl (C=O) groups excluding carboxylic acids is 4. The number of hydrogen-bond donors (Lipinski definition) is 0. The van der Waals surface area contributed by atoms with Crippen molar-refractivity contribution >= 4 is 47.2 Å². The van der Waals surface area contributed by atoms with Crippen LogP contribution in [-0.4, -0.2) is 71.0 Å². The maximum absolute atomic E-state index is 14.1. The zero-order chi connectivity index (χ0) is 24.9. The van der Waals surface area contributed by atoms with Gasteiger partial charge in [-0.05, 0) is 0 Å². The number of thioether (sulfide) groups is 1. The van der Waals surface area contributed by atoms with Gasteiger partial charge in [0.25, 0.3) is 0 Å².